The highest BCUT2D eigenvalue weighted by molar-refractivity contribution is 6.30. The van der Waals surface area contributed by atoms with Crippen LogP contribution in [0.3, 0.4) is 0 Å². The van der Waals surface area contributed by atoms with E-state index >= 15 is 0 Å². The highest BCUT2D eigenvalue weighted by Gasteiger charge is 2.17. The number of hydrogen-bond acceptors (Lipinski definition) is 7. The highest BCUT2D eigenvalue weighted by atomic mass is 35.5. The van der Waals surface area contributed by atoms with Crippen molar-refractivity contribution in [3.63, 3.8) is 0 Å². The highest BCUT2D eigenvalue weighted by Crippen LogP contribution is 2.29. The summed E-state index contributed by atoms with van der Waals surface area (Å²) in [6, 6.07) is 24.7. The van der Waals surface area contributed by atoms with E-state index < -0.39 is 0 Å². The van der Waals surface area contributed by atoms with Gasteiger partial charge in [-0.1, -0.05) is 65.3 Å². The normalized spacial score (nSPS) is 10.9. The first-order chi connectivity index (χ1) is 15.7. The number of benzene rings is 3. The molecule has 0 aliphatic rings. The lowest BCUT2D eigenvalue weighted by Crippen LogP contribution is -1.97. The molecule has 0 atom stereocenters. The van der Waals surface area contributed by atoms with Crippen molar-refractivity contribution in [2.24, 2.45) is 0 Å². The minimum absolute atomic E-state index is 0.216. The molecule has 0 saturated heterocycles. The zero-order chi connectivity index (χ0) is 21.8. The van der Waals surface area contributed by atoms with Crippen molar-refractivity contribution in [3.05, 3.63) is 101 Å². The second-order valence-corrected chi connectivity index (χ2v) is 7.41. The maximum absolute atomic E-state index is 6.03. The van der Waals surface area contributed by atoms with Gasteiger partial charge in [-0.2, -0.15) is 4.98 Å². The average Bonchev–Trinajstić information content (AvgIpc) is 3.49. The smallest absolute Gasteiger partial charge is 0.247 e. The third-order valence-corrected chi connectivity index (χ3v) is 4.91. The van der Waals surface area contributed by atoms with Crippen molar-refractivity contribution in [2.75, 3.05) is 0 Å². The summed E-state index contributed by atoms with van der Waals surface area (Å²) in [5.41, 5.74) is 2.55. The lowest BCUT2D eigenvalue weighted by molar-refractivity contribution is 0.307. The first-order valence-corrected chi connectivity index (χ1v) is 10.3. The molecule has 0 unspecified atom stereocenters. The Morgan fingerprint density at radius 2 is 1.69 bits per heavy atom. The van der Waals surface area contributed by atoms with Crippen molar-refractivity contribution >= 4 is 11.6 Å². The summed E-state index contributed by atoms with van der Waals surface area (Å²) in [7, 11) is 0. The van der Waals surface area contributed by atoms with Crippen LogP contribution in [0.4, 0.5) is 0 Å². The van der Waals surface area contributed by atoms with Crippen LogP contribution in [0.5, 0.6) is 5.75 Å². The second kappa shape index (κ2) is 9.03. The first-order valence-electron chi connectivity index (χ1n) is 9.91. The number of nitrogens with zero attached hydrogens (tertiary/aromatic N) is 4. The molecule has 0 N–H and O–H groups in total. The van der Waals surface area contributed by atoms with Crippen LogP contribution in [0, 0.1) is 0 Å². The topological polar surface area (TPSA) is 87.1 Å². The van der Waals surface area contributed by atoms with Crippen LogP contribution in [-0.4, -0.2) is 20.3 Å². The molecule has 0 spiro atoms. The Balaban J connectivity index is 1.31. The summed E-state index contributed by atoms with van der Waals surface area (Å²) in [5.74, 6) is 2.20. The number of halogens is 1. The number of para-hydroxylation sites is 1. The molecule has 0 aliphatic carbocycles. The summed E-state index contributed by atoms with van der Waals surface area (Å²) >= 11 is 6.03. The number of ether oxygens (including phenoxy) is 1. The molecule has 2 aromatic heterocycles. The molecule has 7 nitrogen and oxygen atoms in total. The Kier molecular flexibility index (Phi) is 5.63. The van der Waals surface area contributed by atoms with Crippen LogP contribution in [0.2, 0.25) is 5.02 Å². The molecule has 5 aromatic rings. The molecule has 8 heteroatoms. The Hall–Kier alpha value is -3.97. The van der Waals surface area contributed by atoms with E-state index in [2.05, 4.69) is 20.3 Å². The van der Waals surface area contributed by atoms with Gasteiger partial charge in [0.15, 0.2) is 0 Å². The fraction of sp³-hybridized carbons (Fsp3) is 0.0833. The van der Waals surface area contributed by atoms with Crippen molar-refractivity contribution < 1.29 is 13.7 Å². The van der Waals surface area contributed by atoms with Gasteiger partial charge in [0.25, 0.3) is 0 Å². The molecule has 0 fully saturated rings. The zero-order valence-electron chi connectivity index (χ0n) is 16.8. The summed E-state index contributed by atoms with van der Waals surface area (Å²) in [4.78, 5) is 4.48. The molecule has 0 bridgehead atoms. The van der Waals surface area contributed by atoms with E-state index in [1.54, 1.807) is 12.1 Å². The van der Waals surface area contributed by atoms with Gasteiger partial charge in [0.1, 0.15) is 18.8 Å². The summed E-state index contributed by atoms with van der Waals surface area (Å²) in [6.07, 6.45) is 0.216. The zero-order valence-corrected chi connectivity index (χ0v) is 17.6. The maximum atomic E-state index is 6.03. The van der Waals surface area contributed by atoms with Gasteiger partial charge in [0, 0.05) is 10.6 Å². The largest absolute Gasteiger partial charge is 0.488 e. The minimum atomic E-state index is 0.216. The summed E-state index contributed by atoms with van der Waals surface area (Å²) in [6.45, 7) is 0.441. The van der Waals surface area contributed by atoms with Gasteiger partial charge >= 0.3 is 0 Å². The van der Waals surface area contributed by atoms with Crippen LogP contribution in [0.1, 0.15) is 17.3 Å². The predicted molar refractivity (Wildman–Crippen MR) is 118 cm³/mol. The molecule has 0 saturated carbocycles. The van der Waals surface area contributed by atoms with Gasteiger partial charge in [-0.15, -0.1) is 10.2 Å². The molecule has 158 valence electrons. The van der Waals surface area contributed by atoms with E-state index in [1.165, 1.54) is 0 Å². The average molecular weight is 445 g/mol. The SMILES string of the molecule is Clc1cccc(-c2nnc(Cc3nc(-c4ccccc4OCc4ccccc4)no3)o2)c1. The molecule has 32 heavy (non-hydrogen) atoms. The third kappa shape index (κ3) is 4.53. The quantitative estimate of drug-likeness (QED) is 0.322. The molecule has 0 radical (unpaired) electrons. The van der Waals surface area contributed by atoms with Crippen molar-refractivity contribution in [1.82, 2.24) is 20.3 Å². The molecule has 5 rings (SSSR count). The van der Waals surface area contributed by atoms with Crippen LogP contribution < -0.4 is 4.74 Å². The lowest BCUT2D eigenvalue weighted by Gasteiger charge is -2.09. The summed E-state index contributed by atoms with van der Waals surface area (Å²) in [5, 5.41) is 12.8. The van der Waals surface area contributed by atoms with Gasteiger partial charge in [-0.3, -0.25) is 0 Å². The van der Waals surface area contributed by atoms with E-state index in [4.69, 9.17) is 25.3 Å². The third-order valence-electron chi connectivity index (χ3n) is 4.67. The number of rotatable bonds is 7. The Morgan fingerprint density at radius 1 is 0.844 bits per heavy atom. The van der Waals surface area contributed by atoms with Gasteiger partial charge in [-0.05, 0) is 35.9 Å². The van der Waals surface area contributed by atoms with E-state index in [-0.39, 0.29) is 6.42 Å². The van der Waals surface area contributed by atoms with Gasteiger partial charge in [0.2, 0.25) is 23.5 Å². The summed E-state index contributed by atoms with van der Waals surface area (Å²) < 4.78 is 17.1. The monoisotopic (exact) mass is 444 g/mol. The van der Waals surface area contributed by atoms with Crippen LogP contribution in [0.15, 0.2) is 87.8 Å². The van der Waals surface area contributed by atoms with E-state index in [9.17, 15) is 0 Å². The Morgan fingerprint density at radius 3 is 2.56 bits per heavy atom. The second-order valence-electron chi connectivity index (χ2n) is 6.97. The first kappa shape index (κ1) is 20.0. The van der Waals surface area contributed by atoms with Gasteiger partial charge in [0.05, 0.1) is 5.56 Å². The Labute approximate surface area is 188 Å². The lowest BCUT2D eigenvalue weighted by atomic mass is 10.2. The predicted octanol–water partition coefficient (Wildman–Crippen LogP) is 5.61. The molecule has 0 amide bonds. The van der Waals surface area contributed by atoms with E-state index in [1.807, 2.05) is 66.7 Å². The standard InChI is InChI=1S/C24H17ClN4O3/c25-18-10-6-9-17(13-18)24-28-27-22(31-24)14-21-26-23(29-32-21)19-11-4-5-12-20(19)30-15-16-7-2-1-3-8-16/h1-13H,14-15H2. The molecule has 3 aromatic carbocycles. The fourth-order valence-corrected chi connectivity index (χ4v) is 3.33. The molecule has 0 aliphatic heterocycles. The van der Waals surface area contributed by atoms with E-state index in [0.717, 1.165) is 16.7 Å². The number of aromatic nitrogens is 4. The molecular weight excluding hydrogens is 428 g/mol. The maximum Gasteiger partial charge on any atom is 0.247 e. The van der Waals surface area contributed by atoms with Crippen LogP contribution >= 0.6 is 11.6 Å². The van der Waals surface area contributed by atoms with Gasteiger partial charge in [-0.25, -0.2) is 0 Å². The van der Waals surface area contributed by atoms with Crippen molar-refractivity contribution in [3.8, 4) is 28.6 Å². The van der Waals surface area contributed by atoms with Crippen molar-refractivity contribution in [2.45, 2.75) is 13.0 Å². The van der Waals surface area contributed by atoms with E-state index in [0.29, 0.717) is 40.9 Å². The number of hydrogen-bond donors (Lipinski definition) is 0. The van der Waals surface area contributed by atoms with Gasteiger partial charge < -0.3 is 13.7 Å². The molecular formula is C24H17ClN4O3. The van der Waals surface area contributed by atoms with Crippen molar-refractivity contribution in [1.29, 1.82) is 0 Å². The van der Waals surface area contributed by atoms with Crippen LogP contribution in [-0.2, 0) is 13.0 Å². The van der Waals surface area contributed by atoms with Crippen LogP contribution in [0.25, 0.3) is 22.8 Å². The minimum Gasteiger partial charge on any atom is -0.488 e. The Bertz CT molecular complexity index is 1330. The fourth-order valence-electron chi connectivity index (χ4n) is 3.14. The molecule has 2 heterocycles.